The van der Waals surface area contributed by atoms with Gasteiger partial charge < -0.3 is 10.1 Å². The van der Waals surface area contributed by atoms with E-state index in [1.54, 1.807) is 0 Å². The Kier molecular flexibility index (Phi) is 3.23. The van der Waals surface area contributed by atoms with E-state index in [1.165, 1.54) is 0 Å². The zero-order valence-corrected chi connectivity index (χ0v) is 12.1. The number of ether oxygens (including phenoxy) is 1. The number of aromatic nitrogens is 4. The Balaban J connectivity index is 1.50. The molecule has 2 heterocycles. The number of nitrogens with one attached hydrogen (secondary N) is 2. The van der Waals surface area contributed by atoms with E-state index in [1.807, 2.05) is 42.5 Å². The minimum absolute atomic E-state index is 0.261. The fourth-order valence-electron chi connectivity index (χ4n) is 2.53. The van der Waals surface area contributed by atoms with Gasteiger partial charge in [0.25, 0.3) is 0 Å². The van der Waals surface area contributed by atoms with E-state index in [9.17, 15) is 4.79 Å². The molecular weight excluding hydrogens is 294 g/mol. The van der Waals surface area contributed by atoms with Crippen LogP contribution in [-0.2, 0) is 17.9 Å². The van der Waals surface area contributed by atoms with Crippen LogP contribution in [0.5, 0.6) is 0 Å². The van der Waals surface area contributed by atoms with Crippen molar-refractivity contribution >= 4 is 11.7 Å². The fraction of sp³-hybridized carbons (Fsp3) is 0.125. The first-order chi connectivity index (χ1) is 11.3. The maximum atomic E-state index is 11.6. The first-order valence-electron chi connectivity index (χ1n) is 7.16. The average Bonchev–Trinajstić information content (AvgIpc) is 3.24. The molecule has 0 radical (unpaired) electrons. The molecule has 1 aliphatic heterocycles. The molecule has 1 aromatic heterocycles. The Hall–Kier alpha value is -3.22. The van der Waals surface area contributed by atoms with Gasteiger partial charge in [-0.1, -0.05) is 24.3 Å². The number of benzene rings is 2. The molecule has 2 aromatic carbocycles. The Labute approximate surface area is 131 Å². The molecule has 0 atom stereocenters. The third-order valence-electron chi connectivity index (χ3n) is 3.72. The van der Waals surface area contributed by atoms with Crippen LogP contribution < -0.4 is 5.32 Å². The lowest BCUT2D eigenvalue weighted by Gasteiger charge is -2.08. The quantitative estimate of drug-likeness (QED) is 0.717. The molecule has 0 aliphatic carbocycles. The minimum atomic E-state index is -0.261. The van der Waals surface area contributed by atoms with Crippen molar-refractivity contribution < 1.29 is 9.53 Å². The maximum absolute atomic E-state index is 11.6. The van der Waals surface area contributed by atoms with E-state index in [0.29, 0.717) is 24.5 Å². The second kappa shape index (κ2) is 5.53. The van der Waals surface area contributed by atoms with Crippen molar-refractivity contribution in [1.82, 2.24) is 20.6 Å². The van der Waals surface area contributed by atoms with Gasteiger partial charge >= 0.3 is 5.97 Å². The number of carbonyl (C=O) groups excluding carboxylic acids is 1. The number of fused-ring (bicyclic) bond motifs is 1. The summed E-state index contributed by atoms with van der Waals surface area (Å²) < 4.78 is 5.01. The van der Waals surface area contributed by atoms with Crippen molar-refractivity contribution in [1.29, 1.82) is 0 Å². The van der Waals surface area contributed by atoms with Crippen LogP contribution in [0, 0.1) is 0 Å². The van der Waals surface area contributed by atoms with E-state index in [4.69, 9.17) is 4.74 Å². The fourth-order valence-corrected chi connectivity index (χ4v) is 2.53. The number of cyclic esters (lactones) is 1. The Morgan fingerprint density at radius 3 is 3.04 bits per heavy atom. The maximum Gasteiger partial charge on any atom is 0.338 e. The number of anilines is 1. The van der Waals surface area contributed by atoms with Gasteiger partial charge in [-0.2, -0.15) is 5.21 Å². The number of aromatic amines is 1. The second-order valence-corrected chi connectivity index (χ2v) is 5.24. The van der Waals surface area contributed by atoms with E-state index < -0.39 is 0 Å². The van der Waals surface area contributed by atoms with E-state index in [-0.39, 0.29) is 5.97 Å². The third-order valence-corrected chi connectivity index (χ3v) is 3.72. The Bertz CT molecular complexity index is 861. The summed E-state index contributed by atoms with van der Waals surface area (Å²) in [6, 6.07) is 13.6. The van der Waals surface area contributed by atoms with Gasteiger partial charge in [0, 0.05) is 23.4 Å². The van der Waals surface area contributed by atoms with Gasteiger partial charge in [-0.15, -0.1) is 10.2 Å². The summed E-state index contributed by atoms with van der Waals surface area (Å²) in [7, 11) is 0. The molecule has 2 N–H and O–H groups in total. The Morgan fingerprint density at radius 1 is 1.22 bits per heavy atom. The highest BCUT2D eigenvalue weighted by molar-refractivity contribution is 5.94. The first kappa shape index (κ1) is 13.4. The molecule has 4 rings (SSSR count). The summed E-state index contributed by atoms with van der Waals surface area (Å²) in [5.41, 5.74) is 4.42. The van der Waals surface area contributed by atoms with Crippen molar-refractivity contribution in [2.24, 2.45) is 0 Å². The molecule has 0 bridgehead atoms. The highest BCUT2D eigenvalue weighted by atomic mass is 16.5. The predicted octanol–water partition coefficient (Wildman–Crippen LogP) is 2.15. The van der Waals surface area contributed by atoms with E-state index >= 15 is 0 Å². The monoisotopic (exact) mass is 307 g/mol. The Morgan fingerprint density at radius 2 is 2.17 bits per heavy atom. The molecule has 0 spiro atoms. The molecule has 1 aliphatic rings. The van der Waals surface area contributed by atoms with Crippen molar-refractivity contribution in [3.05, 3.63) is 59.2 Å². The van der Waals surface area contributed by atoms with Gasteiger partial charge in [0.1, 0.15) is 6.61 Å². The normalized spacial score (nSPS) is 12.8. The number of rotatable bonds is 4. The van der Waals surface area contributed by atoms with Gasteiger partial charge in [-0.05, 0) is 29.0 Å². The topological polar surface area (TPSA) is 92.8 Å². The molecular formula is C16H13N5O2. The van der Waals surface area contributed by atoms with Gasteiger partial charge in [-0.3, -0.25) is 0 Å². The van der Waals surface area contributed by atoms with Crippen molar-refractivity contribution in [3.63, 3.8) is 0 Å². The molecule has 3 aromatic rings. The lowest BCUT2D eigenvalue weighted by molar-refractivity contribution is 0.0535. The van der Waals surface area contributed by atoms with Gasteiger partial charge in [0.2, 0.25) is 5.82 Å². The van der Waals surface area contributed by atoms with Crippen molar-refractivity contribution in [3.8, 4) is 11.4 Å². The molecule has 23 heavy (non-hydrogen) atoms. The van der Waals surface area contributed by atoms with Crippen LogP contribution >= 0.6 is 0 Å². The number of hydrogen-bond acceptors (Lipinski definition) is 6. The number of carbonyl (C=O) groups is 1. The van der Waals surface area contributed by atoms with Crippen LogP contribution in [0.1, 0.15) is 21.5 Å². The number of tetrazole rings is 1. The van der Waals surface area contributed by atoms with Gasteiger partial charge in [0.05, 0.1) is 5.56 Å². The van der Waals surface area contributed by atoms with E-state index in [0.717, 1.165) is 22.4 Å². The standard InChI is InChI=1S/C16H13N5O2/c22-16-14-7-13(5-4-12(14)9-23-16)17-8-10-2-1-3-11(6-10)15-18-20-21-19-15/h1-7,17H,8-9H2,(H,18,19,20,21). The van der Waals surface area contributed by atoms with Gasteiger partial charge in [-0.25, -0.2) is 4.79 Å². The molecule has 0 fully saturated rings. The molecule has 0 unspecified atom stereocenters. The van der Waals surface area contributed by atoms with Crippen molar-refractivity contribution in [2.45, 2.75) is 13.2 Å². The summed E-state index contributed by atoms with van der Waals surface area (Å²) in [6.07, 6.45) is 0. The van der Waals surface area contributed by atoms with E-state index in [2.05, 4.69) is 25.9 Å². The second-order valence-electron chi connectivity index (χ2n) is 5.24. The molecule has 114 valence electrons. The lowest BCUT2D eigenvalue weighted by atomic mass is 10.1. The third kappa shape index (κ3) is 2.64. The zero-order chi connectivity index (χ0) is 15.6. The summed E-state index contributed by atoms with van der Waals surface area (Å²) >= 11 is 0. The average molecular weight is 307 g/mol. The van der Waals surface area contributed by atoms with Crippen LogP contribution in [0.15, 0.2) is 42.5 Å². The SMILES string of the molecule is O=C1OCc2ccc(NCc3cccc(-c4nn[nH]n4)c3)cc21. The van der Waals surface area contributed by atoms with Crippen LogP contribution in [0.3, 0.4) is 0 Å². The minimum Gasteiger partial charge on any atom is -0.457 e. The smallest absolute Gasteiger partial charge is 0.338 e. The molecule has 0 saturated carbocycles. The number of nitrogens with zero attached hydrogens (tertiary/aromatic N) is 3. The summed E-state index contributed by atoms with van der Waals surface area (Å²) in [5.74, 6) is 0.301. The van der Waals surface area contributed by atoms with Crippen LogP contribution in [-0.4, -0.2) is 26.6 Å². The lowest BCUT2D eigenvalue weighted by Crippen LogP contribution is -2.01. The first-order valence-corrected chi connectivity index (χ1v) is 7.16. The van der Waals surface area contributed by atoms with Crippen LogP contribution in [0.25, 0.3) is 11.4 Å². The van der Waals surface area contributed by atoms with Gasteiger partial charge in [0.15, 0.2) is 0 Å². The van der Waals surface area contributed by atoms with Crippen molar-refractivity contribution in [2.75, 3.05) is 5.32 Å². The zero-order valence-electron chi connectivity index (χ0n) is 12.1. The predicted molar refractivity (Wildman–Crippen MR) is 82.5 cm³/mol. The number of esters is 1. The highest BCUT2D eigenvalue weighted by Gasteiger charge is 2.20. The molecule has 0 amide bonds. The van der Waals surface area contributed by atoms with Crippen LogP contribution in [0.2, 0.25) is 0 Å². The summed E-state index contributed by atoms with van der Waals surface area (Å²) in [4.78, 5) is 11.6. The highest BCUT2D eigenvalue weighted by Crippen LogP contribution is 2.24. The molecule has 7 nitrogen and oxygen atoms in total. The van der Waals surface area contributed by atoms with Crippen LogP contribution in [0.4, 0.5) is 5.69 Å². The summed E-state index contributed by atoms with van der Waals surface area (Å²) in [5, 5.41) is 17.3. The molecule has 0 saturated heterocycles. The summed E-state index contributed by atoms with van der Waals surface area (Å²) in [6.45, 7) is 0.987. The largest absolute Gasteiger partial charge is 0.457 e. The number of hydrogen-bond donors (Lipinski definition) is 2. The number of H-pyrrole nitrogens is 1. The molecule has 7 heteroatoms.